The van der Waals surface area contributed by atoms with E-state index in [-0.39, 0.29) is 5.56 Å². The molecule has 20 heavy (non-hydrogen) atoms. The zero-order valence-electron chi connectivity index (χ0n) is 11.9. The Balaban J connectivity index is 2.12. The first kappa shape index (κ1) is 13.3. The summed E-state index contributed by atoms with van der Waals surface area (Å²) < 4.78 is 1.91. The molecule has 1 N–H and O–H groups in total. The molecule has 0 spiro atoms. The quantitative estimate of drug-likeness (QED) is 0.940. The summed E-state index contributed by atoms with van der Waals surface area (Å²) in [5.41, 5.74) is 2.78. The van der Waals surface area contributed by atoms with Gasteiger partial charge in [0.25, 0.3) is 5.56 Å². The van der Waals surface area contributed by atoms with Crippen LogP contribution in [-0.4, -0.2) is 21.3 Å². The van der Waals surface area contributed by atoms with Crippen LogP contribution in [0.5, 0.6) is 0 Å². The van der Waals surface area contributed by atoms with Crippen LogP contribution in [-0.2, 0) is 0 Å². The van der Waals surface area contributed by atoms with Crippen molar-refractivity contribution in [3.63, 3.8) is 0 Å². The fourth-order valence-electron chi connectivity index (χ4n) is 2.50. The monoisotopic (exact) mass is 290 g/mol. The standard InChI is InChI=1S/C14H18N4OS/c1-4-15-14-17-16-12(20-14)11-8(2)7-9(3)18(13(11)19)10-5-6-10/h7,10H,4-6H2,1-3H3,(H,15,17). The number of anilines is 1. The van der Waals surface area contributed by atoms with E-state index in [0.29, 0.717) is 16.6 Å². The SMILES string of the molecule is CCNc1nnc(-c2c(C)cc(C)n(C3CC3)c2=O)s1. The highest BCUT2D eigenvalue weighted by Gasteiger charge is 2.28. The average molecular weight is 290 g/mol. The number of aromatic nitrogens is 3. The molecule has 0 bridgehead atoms. The van der Waals surface area contributed by atoms with Gasteiger partial charge in [-0.25, -0.2) is 0 Å². The summed E-state index contributed by atoms with van der Waals surface area (Å²) in [6.07, 6.45) is 2.20. The van der Waals surface area contributed by atoms with Crippen molar-refractivity contribution in [2.45, 2.75) is 39.7 Å². The molecule has 2 aromatic heterocycles. The zero-order valence-corrected chi connectivity index (χ0v) is 12.8. The third-order valence-electron chi connectivity index (χ3n) is 3.51. The van der Waals surface area contributed by atoms with Gasteiger partial charge in [-0.1, -0.05) is 11.3 Å². The van der Waals surface area contributed by atoms with Crippen LogP contribution in [0, 0.1) is 13.8 Å². The molecule has 0 atom stereocenters. The van der Waals surface area contributed by atoms with Crippen molar-refractivity contribution in [2.24, 2.45) is 0 Å². The predicted octanol–water partition coefficient (Wildman–Crippen LogP) is 2.75. The molecule has 5 nitrogen and oxygen atoms in total. The summed E-state index contributed by atoms with van der Waals surface area (Å²) in [5.74, 6) is 0. The third kappa shape index (κ3) is 2.24. The number of rotatable bonds is 4. The van der Waals surface area contributed by atoms with E-state index in [1.165, 1.54) is 11.3 Å². The molecule has 106 valence electrons. The molecule has 0 aromatic carbocycles. The van der Waals surface area contributed by atoms with Gasteiger partial charge in [0.05, 0.1) is 5.56 Å². The molecule has 6 heteroatoms. The van der Waals surface area contributed by atoms with E-state index < -0.39 is 0 Å². The Morgan fingerprint density at radius 3 is 2.80 bits per heavy atom. The minimum absolute atomic E-state index is 0.0733. The van der Waals surface area contributed by atoms with Gasteiger partial charge in [0.2, 0.25) is 5.13 Å². The molecule has 0 aliphatic heterocycles. The topological polar surface area (TPSA) is 59.8 Å². The minimum Gasteiger partial charge on any atom is -0.360 e. The highest BCUT2D eigenvalue weighted by Crippen LogP contribution is 2.36. The van der Waals surface area contributed by atoms with Crippen LogP contribution in [0.15, 0.2) is 10.9 Å². The van der Waals surface area contributed by atoms with Crippen molar-refractivity contribution in [3.8, 4) is 10.6 Å². The van der Waals surface area contributed by atoms with Gasteiger partial charge in [0.1, 0.15) is 0 Å². The van der Waals surface area contributed by atoms with Gasteiger partial charge < -0.3 is 9.88 Å². The fraction of sp³-hybridized carbons (Fsp3) is 0.500. The van der Waals surface area contributed by atoms with Gasteiger partial charge in [-0.3, -0.25) is 4.79 Å². The second-order valence-corrected chi connectivity index (χ2v) is 6.17. The lowest BCUT2D eigenvalue weighted by Crippen LogP contribution is -2.24. The van der Waals surface area contributed by atoms with Gasteiger partial charge in [-0.15, -0.1) is 10.2 Å². The maximum Gasteiger partial charge on any atom is 0.261 e. The van der Waals surface area contributed by atoms with E-state index in [2.05, 4.69) is 21.6 Å². The van der Waals surface area contributed by atoms with Crippen molar-refractivity contribution in [3.05, 3.63) is 27.7 Å². The second kappa shape index (κ2) is 5.01. The smallest absolute Gasteiger partial charge is 0.261 e. The predicted molar refractivity (Wildman–Crippen MR) is 81.5 cm³/mol. The summed E-state index contributed by atoms with van der Waals surface area (Å²) >= 11 is 1.44. The Morgan fingerprint density at radius 2 is 2.15 bits per heavy atom. The van der Waals surface area contributed by atoms with Crippen molar-refractivity contribution in [2.75, 3.05) is 11.9 Å². The first-order valence-corrected chi connectivity index (χ1v) is 7.74. The van der Waals surface area contributed by atoms with Crippen LogP contribution in [0.4, 0.5) is 5.13 Å². The summed E-state index contributed by atoms with van der Waals surface area (Å²) in [4.78, 5) is 12.7. The van der Waals surface area contributed by atoms with Crippen molar-refractivity contribution >= 4 is 16.5 Å². The molecule has 1 fully saturated rings. The molecule has 1 aliphatic carbocycles. The first-order valence-electron chi connectivity index (χ1n) is 6.92. The molecule has 2 aromatic rings. The maximum absolute atomic E-state index is 12.7. The van der Waals surface area contributed by atoms with E-state index in [0.717, 1.165) is 35.8 Å². The first-order chi connectivity index (χ1) is 9.61. The number of pyridine rings is 1. The number of aryl methyl sites for hydroxylation is 2. The molecule has 0 amide bonds. The van der Waals surface area contributed by atoms with Gasteiger partial charge in [0.15, 0.2) is 5.01 Å². The normalized spacial score (nSPS) is 14.6. The van der Waals surface area contributed by atoms with Gasteiger partial charge >= 0.3 is 0 Å². The summed E-state index contributed by atoms with van der Waals surface area (Å²) in [5, 5.41) is 12.9. The molecule has 0 radical (unpaired) electrons. The van der Waals surface area contributed by atoms with Gasteiger partial charge in [-0.05, 0) is 45.2 Å². The minimum atomic E-state index is 0.0733. The van der Waals surface area contributed by atoms with Gasteiger partial charge in [0, 0.05) is 18.3 Å². The van der Waals surface area contributed by atoms with Crippen LogP contribution in [0.25, 0.3) is 10.6 Å². The highest BCUT2D eigenvalue weighted by molar-refractivity contribution is 7.18. The fourth-order valence-corrected chi connectivity index (χ4v) is 3.41. The van der Waals surface area contributed by atoms with Crippen LogP contribution < -0.4 is 10.9 Å². The lowest BCUT2D eigenvalue weighted by molar-refractivity contribution is 0.681. The zero-order chi connectivity index (χ0) is 14.3. The van der Waals surface area contributed by atoms with E-state index in [1.807, 2.05) is 25.3 Å². The van der Waals surface area contributed by atoms with Crippen molar-refractivity contribution < 1.29 is 0 Å². The Bertz CT molecular complexity index is 700. The van der Waals surface area contributed by atoms with Gasteiger partial charge in [-0.2, -0.15) is 0 Å². The van der Waals surface area contributed by atoms with E-state index >= 15 is 0 Å². The Morgan fingerprint density at radius 1 is 1.40 bits per heavy atom. The summed E-state index contributed by atoms with van der Waals surface area (Å²) in [6.45, 7) is 6.78. The summed E-state index contributed by atoms with van der Waals surface area (Å²) in [6, 6.07) is 2.45. The second-order valence-electron chi connectivity index (χ2n) is 5.19. The lowest BCUT2D eigenvalue weighted by Gasteiger charge is -2.12. The van der Waals surface area contributed by atoms with E-state index in [4.69, 9.17) is 0 Å². The lowest BCUT2D eigenvalue weighted by atomic mass is 10.1. The molecular formula is C14H18N4OS. The Kier molecular flexibility index (Phi) is 3.33. The average Bonchev–Trinajstić information content (AvgIpc) is 3.10. The van der Waals surface area contributed by atoms with Crippen LogP contribution in [0.2, 0.25) is 0 Å². The number of hydrogen-bond donors (Lipinski definition) is 1. The molecule has 1 aliphatic rings. The number of nitrogens with zero attached hydrogens (tertiary/aromatic N) is 3. The molecule has 2 heterocycles. The highest BCUT2D eigenvalue weighted by atomic mass is 32.1. The summed E-state index contributed by atoms with van der Waals surface area (Å²) in [7, 11) is 0. The molecule has 3 rings (SSSR count). The molecule has 1 saturated carbocycles. The van der Waals surface area contributed by atoms with E-state index in [9.17, 15) is 4.79 Å². The maximum atomic E-state index is 12.7. The van der Waals surface area contributed by atoms with Crippen molar-refractivity contribution in [1.82, 2.24) is 14.8 Å². The Labute approximate surface area is 121 Å². The third-order valence-corrected chi connectivity index (χ3v) is 4.41. The Hall–Kier alpha value is -1.69. The van der Waals surface area contributed by atoms with Crippen LogP contribution in [0.3, 0.4) is 0 Å². The van der Waals surface area contributed by atoms with Crippen LogP contribution >= 0.6 is 11.3 Å². The molecule has 0 unspecified atom stereocenters. The number of hydrogen-bond acceptors (Lipinski definition) is 5. The molecule has 0 saturated heterocycles. The number of nitrogens with one attached hydrogen (secondary N) is 1. The largest absolute Gasteiger partial charge is 0.360 e. The van der Waals surface area contributed by atoms with Crippen molar-refractivity contribution in [1.29, 1.82) is 0 Å². The van der Waals surface area contributed by atoms with Crippen LogP contribution in [0.1, 0.15) is 37.1 Å². The van der Waals surface area contributed by atoms with E-state index in [1.54, 1.807) is 0 Å². The molecular weight excluding hydrogens is 272 g/mol.